The minimum absolute atomic E-state index is 0.352. The van der Waals surface area contributed by atoms with Gasteiger partial charge in [-0.15, -0.1) is 0 Å². The molecule has 1 atom stereocenters. The minimum atomic E-state index is -0.477. The van der Waals surface area contributed by atoms with Crippen molar-refractivity contribution in [3.63, 3.8) is 0 Å². The summed E-state index contributed by atoms with van der Waals surface area (Å²) in [5.74, 6) is -0.352. The number of hydrogen-bond donors (Lipinski definition) is 1. The molecule has 54 valence electrons. The van der Waals surface area contributed by atoms with E-state index in [1.165, 1.54) is 7.11 Å². The van der Waals surface area contributed by atoms with Crippen LogP contribution in [0.4, 0.5) is 0 Å². The summed E-state index contributed by atoms with van der Waals surface area (Å²) in [4.78, 5) is 10.5. The Morgan fingerprint density at radius 1 is 1.89 bits per heavy atom. The smallest absolute Gasteiger partial charge is 0.322 e. The number of carbonyl (C=O) groups excluding carboxylic acids is 1. The predicted molar refractivity (Wildman–Crippen MR) is 38.4 cm³/mol. The van der Waals surface area contributed by atoms with Gasteiger partial charge in [0.1, 0.15) is 6.04 Å². The lowest BCUT2D eigenvalue weighted by atomic mass is 10.2. The fourth-order valence-corrected chi connectivity index (χ4v) is 0.880. The van der Waals surface area contributed by atoms with E-state index in [2.05, 4.69) is 20.7 Å². The molecule has 0 bridgehead atoms. The number of rotatable bonds is 3. The van der Waals surface area contributed by atoms with Crippen molar-refractivity contribution in [1.82, 2.24) is 0 Å². The van der Waals surface area contributed by atoms with Crippen molar-refractivity contribution in [3.8, 4) is 0 Å². The maximum Gasteiger partial charge on any atom is 0.322 e. The van der Waals surface area contributed by atoms with Gasteiger partial charge in [0.15, 0.2) is 0 Å². The molecule has 3 nitrogen and oxygen atoms in total. The molecule has 0 aliphatic carbocycles. The van der Waals surface area contributed by atoms with Crippen LogP contribution < -0.4 is 5.73 Å². The molecule has 0 saturated heterocycles. The number of esters is 1. The van der Waals surface area contributed by atoms with Crippen molar-refractivity contribution in [2.45, 2.75) is 12.5 Å². The Bertz CT molecular complexity index is 97.0. The molecule has 0 spiro atoms. The minimum Gasteiger partial charge on any atom is -0.468 e. The van der Waals surface area contributed by atoms with Crippen LogP contribution in [0.5, 0.6) is 0 Å². The number of hydrogen-bond acceptors (Lipinski definition) is 3. The van der Waals surface area contributed by atoms with Crippen LogP contribution in [0, 0.1) is 0 Å². The zero-order valence-corrected chi connectivity index (χ0v) is 6.85. The molecule has 0 aliphatic heterocycles. The van der Waals surface area contributed by atoms with Crippen molar-refractivity contribution in [2.24, 2.45) is 5.73 Å². The Labute approximate surface area is 62.7 Å². The van der Waals surface area contributed by atoms with Crippen molar-refractivity contribution in [3.05, 3.63) is 0 Å². The van der Waals surface area contributed by atoms with E-state index in [0.717, 1.165) is 5.33 Å². The molecule has 0 aromatic rings. The summed E-state index contributed by atoms with van der Waals surface area (Å²) < 4.78 is 4.38. The third-order valence-electron chi connectivity index (χ3n) is 0.924. The predicted octanol–water partition coefficient (Wildman–Crippen LogP) is 0.272. The van der Waals surface area contributed by atoms with Gasteiger partial charge in [-0.1, -0.05) is 15.9 Å². The van der Waals surface area contributed by atoms with Crippen LogP contribution in [0.1, 0.15) is 6.42 Å². The zero-order chi connectivity index (χ0) is 7.28. The van der Waals surface area contributed by atoms with E-state index in [9.17, 15) is 4.79 Å². The first-order valence-electron chi connectivity index (χ1n) is 2.61. The van der Waals surface area contributed by atoms with Crippen molar-refractivity contribution in [1.29, 1.82) is 0 Å². The highest BCUT2D eigenvalue weighted by molar-refractivity contribution is 9.09. The summed E-state index contributed by atoms with van der Waals surface area (Å²) in [6, 6.07) is -0.477. The van der Waals surface area contributed by atoms with Gasteiger partial charge >= 0.3 is 5.97 Å². The monoisotopic (exact) mass is 195 g/mol. The molecule has 0 saturated carbocycles. The Morgan fingerprint density at radius 3 is 2.78 bits per heavy atom. The zero-order valence-electron chi connectivity index (χ0n) is 5.26. The van der Waals surface area contributed by atoms with Gasteiger partial charge in [0.25, 0.3) is 0 Å². The molecule has 0 aromatic heterocycles. The maximum atomic E-state index is 10.5. The van der Waals surface area contributed by atoms with Crippen LogP contribution in [-0.2, 0) is 9.53 Å². The van der Waals surface area contributed by atoms with E-state index < -0.39 is 6.04 Å². The van der Waals surface area contributed by atoms with Crippen LogP contribution in [-0.4, -0.2) is 24.5 Å². The number of carbonyl (C=O) groups is 1. The van der Waals surface area contributed by atoms with Gasteiger partial charge in [-0.25, -0.2) is 0 Å². The lowest BCUT2D eigenvalue weighted by Gasteiger charge is -2.04. The molecule has 0 heterocycles. The van der Waals surface area contributed by atoms with Crippen molar-refractivity contribution >= 4 is 21.9 Å². The highest BCUT2D eigenvalue weighted by Gasteiger charge is 2.11. The first-order valence-corrected chi connectivity index (χ1v) is 3.74. The largest absolute Gasteiger partial charge is 0.468 e. The van der Waals surface area contributed by atoms with Crippen molar-refractivity contribution < 1.29 is 9.53 Å². The standard InChI is InChI=1S/C5H10BrNO2/c1-9-5(8)4(7)2-3-6/h4H,2-3,7H2,1H3/t4-/m0/s1. The van der Waals surface area contributed by atoms with Gasteiger partial charge in [-0.3, -0.25) is 4.79 Å². The molecular weight excluding hydrogens is 186 g/mol. The molecule has 0 aliphatic rings. The van der Waals surface area contributed by atoms with Gasteiger partial charge in [0, 0.05) is 5.33 Å². The Balaban J connectivity index is 3.45. The fourth-order valence-electron chi connectivity index (χ4n) is 0.387. The van der Waals surface area contributed by atoms with Crippen LogP contribution in [0.25, 0.3) is 0 Å². The van der Waals surface area contributed by atoms with E-state index in [1.54, 1.807) is 0 Å². The third-order valence-corrected chi connectivity index (χ3v) is 1.38. The number of halogens is 1. The second-order valence-corrected chi connectivity index (χ2v) is 2.40. The van der Waals surface area contributed by atoms with Crippen LogP contribution in [0.15, 0.2) is 0 Å². The lowest BCUT2D eigenvalue weighted by Crippen LogP contribution is -2.31. The van der Waals surface area contributed by atoms with Crippen LogP contribution >= 0.6 is 15.9 Å². The van der Waals surface area contributed by atoms with E-state index in [4.69, 9.17) is 5.73 Å². The maximum absolute atomic E-state index is 10.5. The molecule has 2 N–H and O–H groups in total. The molecule has 0 rings (SSSR count). The van der Waals surface area contributed by atoms with Gasteiger partial charge in [0.05, 0.1) is 7.11 Å². The summed E-state index contributed by atoms with van der Waals surface area (Å²) in [6.45, 7) is 0. The quantitative estimate of drug-likeness (QED) is 0.520. The Hall–Kier alpha value is -0.0900. The van der Waals surface area contributed by atoms with Gasteiger partial charge < -0.3 is 10.5 Å². The van der Waals surface area contributed by atoms with E-state index >= 15 is 0 Å². The SMILES string of the molecule is COC(=O)[C@@H](N)CCBr. The normalized spacial score (nSPS) is 12.8. The van der Waals surface area contributed by atoms with Gasteiger partial charge in [-0.05, 0) is 6.42 Å². The topological polar surface area (TPSA) is 52.3 Å². The van der Waals surface area contributed by atoms with Gasteiger partial charge in [0.2, 0.25) is 0 Å². The van der Waals surface area contributed by atoms with E-state index in [1.807, 2.05) is 0 Å². The Kier molecular flexibility index (Phi) is 4.71. The first-order chi connectivity index (χ1) is 4.22. The first kappa shape index (κ1) is 8.91. The Morgan fingerprint density at radius 2 is 2.44 bits per heavy atom. The number of alkyl halides is 1. The average Bonchev–Trinajstić information content (AvgIpc) is 1.87. The molecule has 9 heavy (non-hydrogen) atoms. The fraction of sp³-hybridized carbons (Fsp3) is 0.800. The third kappa shape index (κ3) is 3.48. The molecule has 0 amide bonds. The second kappa shape index (κ2) is 4.76. The van der Waals surface area contributed by atoms with E-state index in [-0.39, 0.29) is 5.97 Å². The molecule has 0 unspecified atom stereocenters. The van der Waals surface area contributed by atoms with E-state index in [0.29, 0.717) is 6.42 Å². The molecule has 0 radical (unpaired) electrons. The summed E-state index contributed by atoms with van der Waals surface area (Å²) in [6.07, 6.45) is 0.618. The average molecular weight is 196 g/mol. The summed E-state index contributed by atoms with van der Waals surface area (Å²) >= 11 is 3.16. The lowest BCUT2D eigenvalue weighted by molar-refractivity contribution is -0.142. The summed E-state index contributed by atoms with van der Waals surface area (Å²) in [5.41, 5.74) is 5.33. The summed E-state index contributed by atoms with van der Waals surface area (Å²) in [7, 11) is 1.33. The summed E-state index contributed by atoms with van der Waals surface area (Å²) in [5, 5.41) is 0.725. The van der Waals surface area contributed by atoms with Crippen LogP contribution in [0.3, 0.4) is 0 Å². The van der Waals surface area contributed by atoms with Crippen LogP contribution in [0.2, 0.25) is 0 Å². The second-order valence-electron chi connectivity index (χ2n) is 1.61. The highest BCUT2D eigenvalue weighted by Crippen LogP contribution is 1.94. The molecule has 0 fully saturated rings. The molecular formula is C5H10BrNO2. The number of methoxy groups -OCH3 is 1. The number of nitrogens with two attached hydrogens (primary N) is 1. The number of ether oxygens (including phenoxy) is 1. The van der Waals surface area contributed by atoms with Gasteiger partial charge in [-0.2, -0.15) is 0 Å². The van der Waals surface area contributed by atoms with Crippen molar-refractivity contribution in [2.75, 3.05) is 12.4 Å². The molecule has 4 heteroatoms. The molecule has 0 aromatic carbocycles. The highest BCUT2D eigenvalue weighted by atomic mass is 79.9.